The minimum Gasteiger partial charge on any atom is -0.344 e. The highest BCUT2D eigenvalue weighted by molar-refractivity contribution is 7.11. The number of rotatable bonds is 6. The molecular formula is C14H21N7OS. The summed E-state index contributed by atoms with van der Waals surface area (Å²) in [4.78, 5) is 12.1. The van der Waals surface area contributed by atoms with Gasteiger partial charge in [-0.3, -0.25) is 9.48 Å². The lowest BCUT2D eigenvalue weighted by Gasteiger charge is -2.22. The maximum Gasteiger partial charge on any atom is 0.273 e. The van der Waals surface area contributed by atoms with E-state index in [1.165, 1.54) is 24.2 Å². The van der Waals surface area contributed by atoms with E-state index < -0.39 is 0 Å². The van der Waals surface area contributed by atoms with Gasteiger partial charge in [0.15, 0.2) is 5.69 Å². The largest absolute Gasteiger partial charge is 0.344 e. The number of carbonyl (C=O) groups excluding carboxylic acids is 1. The molecule has 0 saturated carbocycles. The van der Waals surface area contributed by atoms with Crippen molar-refractivity contribution >= 4 is 17.2 Å². The van der Waals surface area contributed by atoms with E-state index >= 15 is 0 Å². The van der Waals surface area contributed by atoms with Crippen LogP contribution in [0.2, 0.25) is 0 Å². The summed E-state index contributed by atoms with van der Waals surface area (Å²) in [6.45, 7) is 5.29. The van der Waals surface area contributed by atoms with Crippen molar-refractivity contribution in [1.82, 2.24) is 35.8 Å². The van der Waals surface area contributed by atoms with Crippen LogP contribution in [0.25, 0.3) is 0 Å². The molecule has 1 aliphatic rings. The van der Waals surface area contributed by atoms with Gasteiger partial charge in [-0.15, -0.1) is 15.3 Å². The number of hydrogen-bond acceptors (Lipinski definition) is 7. The van der Waals surface area contributed by atoms with Crippen molar-refractivity contribution < 1.29 is 4.79 Å². The molecule has 2 aromatic heterocycles. The van der Waals surface area contributed by atoms with Crippen LogP contribution in [0.3, 0.4) is 0 Å². The summed E-state index contributed by atoms with van der Waals surface area (Å²) in [5.41, 5.74) is 0.342. The average Bonchev–Trinajstić information content (AvgIpc) is 3.23. The van der Waals surface area contributed by atoms with Gasteiger partial charge in [0, 0.05) is 6.54 Å². The van der Waals surface area contributed by atoms with E-state index in [9.17, 15) is 4.79 Å². The number of hydrogen-bond donors (Lipinski definition) is 2. The number of carbonyl (C=O) groups is 1. The van der Waals surface area contributed by atoms with Crippen LogP contribution in [0, 0.1) is 5.92 Å². The minimum atomic E-state index is -0.230. The van der Waals surface area contributed by atoms with Crippen LogP contribution < -0.4 is 10.6 Å². The third kappa shape index (κ3) is 4.32. The molecule has 1 atom stereocenters. The van der Waals surface area contributed by atoms with Crippen LogP contribution in [0.5, 0.6) is 0 Å². The maximum absolute atomic E-state index is 12.1. The molecule has 0 bridgehead atoms. The fourth-order valence-corrected chi connectivity index (χ4v) is 3.31. The third-order valence-electron chi connectivity index (χ3n) is 3.83. The topological polar surface area (TPSA) is 97.6 Å². The van der Waals surface area contributed by atoms with Crippen LogP contribution in [-0.4, -0.2) is 44.2 Å². The summed E-state index contributed by atoms with van der Waals surface area (Å²) in [5.74, 6) is 0.321. The standard InChI is InChI=1S/C14H21N7OS/c1-2-12-18-19-13(23-12)7-16-14(22)11-9-21(20-17-11)8-10-4-3-5-15-6-10/h9-10,15H,2-8H2,1H3,(H,16,22)/t10-/m1/s1. The SMILES string of the molecule is CCc1nnc(CNC(=O)c2cn(C[C@@H]3CCCNC3)nn2)s1. The molecule has 0 radical (unpaired) electrons. The molecule has 8 nitrogen and oxygen atoms in total. The van der Waals surface area contributed by atoms with Crippen LogP contribution >= 0.6 is 11.3 Å². The molecule has 2 N–H and O–H groups in total. The zero-order chi connectivity index (χ0) is 16.1. The summed E-state index contributed by atoms with van der Waals surface area (Å²) in [6, 6.07) is 0. The monoisotopic (exact) mass is 335 g/mol. The number of piperidine rings is 1. The Kier molecular flexibility index (Phi) is 5.29. The van der Waals surface area contributed by atoms with Crippen LogP contribution in [-0.2, 0) is 19.5 Å². The molecule has 1 saturated heterocycles. The molecule has 9 heteroatoms. The Morgan fingerprint density at radius 3 is 3.04 bits per heavy atom. The summed E-state index contributed by atoms with van der Waals surface area (Å²) in [5, 5.41) is 24.1. The smallest absolute Gasteiger partial charge is 0.273 e. The minimum absolute atomic E-state index is 0.230. The lowest BCUT2D eigenvalue weighted by atomic mass is 10.00. The zero-order valence-electron chi connectivity index (χ0n) is 13.2. The highest BCUT2D eigenvalue weighted by atomic mass is 32.1. The second-order valence-electron chi connectivity index (χ2n) is 5.66. The van der Waals surface area contributed by atoms with E-state index in [1.54, 1.807) is 10.9 Å². The molecule has 0 unspecified atom stereocenters. The molecule has 0 aromatic carbocycles. The maximum atomic E-state index is 12.1. The first-order valence-corrected chi connectivity index (χ1v) is 8.76. The Labute approximate surface area is 138 Å². The van der Waals surface area contributed by atoms with E-state index in [2.05, 4.69) is 31.1 Å². The highest BCUT2D eigenvalue weighted by Crippen LogP contribution is 2.12. The molecule has 124 valence electrons. The van der Waals surface area contributed by atoms with Crippen molar-refractivity contribution in [2.45, 2.75) is 39.3 Å². The van der Waals surface area contributed by atoms with Gasteiger partial charge in [-0.05, 0) is 38.3 Å². The zero-order valence-corrected chi connectivity index (χ0v) is 14.0. The molecule has 1 amide bonds. The molecular weight excluding hydrogens is 314 g/mol. The van der Waals surface area contributed by atoms with Gasteiger partial charge >= 0.3 is 0 Å². The fraction of sp³-hybridized carbons (Fsp3) is 0.643. The number of aryl methyl sites for hydroxylation is 1. The second-order valence-corrected chi connectivity index (χ2v) is 6.81. The fourth-order valence-electron chi connectivity index (χ4n) is 2.59. The molecule has 3 heterocycles. The summed E-state index contributed by atoms with van der Waals surface area (Å²) in [7, 11) is 0. The number of amides is 1. The molecule has 1 aliphatic heterocycles. The molecule has 2 aromatic rings. The number of nitrogens with zero attached hydrogens (tertiary/aromatic N) is 5. The highest BCUT2D eigenvalue weighted by Gasteiger charge is 2.16. The van der Waals surface area contributed by atoms with E-state index in [0.717, 1.165) is 36.1 Å². The molecule has 3 rings (SSSR count). The lowest BCUT2D eigenvalue weighted by molar-refractivity contribution is 0.0945. The summed E-state index contributed by atoms with van der Waals surface area (Å²) in [6.07, 6.45) is 4.94. The first kappa shape index (κ1) is 16.0. The van der Waals surface area contributed by atoms with Crippen LogP contribution in [0.1, 0.15) is 40.3 Å². The first-order valence-electron chi connectivity index (χ1n) is 7.95. The predicted octanol–water partition coefficient (Wildman–Crippen LogP) is 0.622. The Hall–Kier alpha value is -1.87. The van der Waals surface area contributed by atoms with Gasteiger partial charge in [0.25, 0.3) is 5.91 Å². The normalized spacial score (nSPS) is 18.0. The van der Waals surface area contributed by atoms with Crippen molar-refractivity contribution in [1.29, 1.82) is 0 Å². The second kappa shape index (κ2) is 7.60. The first-order chi connectivity index (χ1) is 11.2. The van der Waals surface area contributed by atoms with Gasteiger partial charge in [-0.2, -0.15) is 0 Å². The van der Waals surface area contributed by atoms with Crippen molar-refractivity contribution in [3.05, 3.63) is 21.9 Å². The Balaban J connectivity index is 1.51. The van der Waals surface area contributed by atoms with E-state index in [4.69, 9.17) is 0 Å². The van der Waals surface area contributed by atoms with E-state index in [0.29, 0.717) is 18.2 Å². The average molecular weight is 335 g/mol. The van der Waals surface area contributed by atoms with Gasteiger partial charge in [0.05, 0.1) is 12.7 Å². The predicted molar refractivity (Wildman–Crippen MR) is 86.1 cm³/mol. The Morgan fingerprint density at radius 2 is 2.30 bits per heavy atom. The van der Waals surface area contributed by atoms with Gasteiger partial charge in [0.2, 0.25) is 0 Å². The van der Waals surface area contributed by atoms with Crippen molar-refractivity contribution in [3.63, 3.8) is 0 Å². The van der Waals surface area contributed by atoms with Crippen LogP contribution in [0.15, 0.2) is 6.20 Å². The molecule has 0 spiro atoms. The Bertz CT molecular complexity index is 647. The number of nitrogens with one attached hydrogen (secondary N) is 2. The lowest BCUT2D eigenvalue weighted by Crippen LogP contribution is -2.32. The van der Waals surface area contributed by atoms with Crippen molar-refractivity contribution in [2.75, 3.05) is 13.1 Å². The van der Waals surface area contributed by atoms with Crippen molar-refractivity contribution in [2.24, 2.45) is 5.92 Å². The summed E-state index contributed by atoms with van der Waals surface area (Å²) >= 11 is 1.51. The summed E-state index contributed by atoms with van der Waals surface area (Å²) < 4.78 is 1.76. The van der Waals surface area contributed by atoms with Crippen molar-refractivity contribution in [3.8, 4) is 0 Å². The quantitative estimate of drug-likeness (QED) is 0.803. The molecule has 1 fully saturated rings. The van der Waals surface area contributed by atoms with Gasteiger partial charge in [-0.1, -0.05) is 23.5 Å². The van der Waals surface area contributed by atoms with Gasteiger partial charge in [-0.25, -0.2) is 0 Å². The van der Waals surface area contributed by atoms with Gasteiger partial charge < -0.3 is 10.6 Å². The number of aromatic nitrogens is 5. The Morgan fingerprint density at radius 1 is 1.43 bits per heavy atom. The molecule has 0 aliphatic carbocycles. The van der Waals surface area contributed by atoms with Crippen LogP contribution in [0.4, 0.5) is 0 Å². The molecule has 23 heavy (non-hydrogen) atoms. The van der Waals surface area contributed by atoms with Gasteiger partial charge in [0.1, 0.15) is 10.0 Å². The van der Waals surface area contributed by atoms with E-state index in [1.807, 2.05) is 6.92 Å². The third-order valence-corrected chi connectivity index (χ3v) is 4.89. The van der Waals surface area contributed by atoms with E-state index in [-0.39, 0.29) is 5.91 Å².